The molecule has 76 valence electrons. The minimum absolute atomic E-state index is 0.157. The second-order valence-corrected chi connectivity index (χ2v) is 4.07. The molecule has 1 saturated carbocycles. The van der Waals surface area contributed by atoms with Crippen molar-refractivity contribution in [2.24, 2.45) is 11.1 Å². The van der Waals surface area contributed by atoms with E-state index in [9.17, 15) is 4.79 Å². The molecule has 0 radical (unpaired) electrons. The van der Waals surface area contributed by atoms with Crippen molar-refractivity contribution in [1.82, 2.24) is 9.55 Å². The molecule has 4 nitrogen and oxygen atoms in total. The topological polar surface area (TPSA) is 60.9 Å². The fraction of sp³-hybridized carbons (Fsp3) is 0.600. The van der Waals surface area contributed by atoms with Gasteiger partial charge in [-0.25, -0.2) is 9.78 Å². The van der Waals surface area contributed by atoms with Gasteiger partial charge < -0.3 is 5.73 Å². The largest absolute Gasteiger partial charge is 0.347 e. The van der Waals surface area contributed by atoms with E-state index in [1.54, 1.807) is 16.8 Å². The highest BCUT2D eigenvalue weighted by atomic mass is 16.1. The van der Waals surface area contributed by atoms with Crippen molar-refractivity contribution in [3.05, 3.63) is 28.9 Å². The molecular weight excluding hydrogens is 178 g/mol. The van der Waals surface area contributed by atoms with Crippen LogP contribution in [0.4, 0.5) is 0 Å². The fourth-order valence-corrected chi connectivity index (χ4v) is 1.84. The molecule has 14 heavy (non-hydrogen) atoms. The van der Waals surface area contributed by atoms with Crippen molar-refractivity contribution in [2.45, 2.75) is 25.8 Å². The van der Waals surface area contributed by atoms with E-state index in [2.05, 4.69) is 4.98 Å². The minimum Gasteiger partial charge on any atom is -0.330 e. The van der Waals surface area contributed by atoms with Gasteiger partial charge in [-0.2, -0.15) is 0 Å². The first-order chi connectivity index (χ1) is 6.76. The maximum atomic E-state index is 11.3. The van der Waals surface area contributed by atoms with Gasteiger partial charge >= 0.3 is 5.69 Å². The molecule has 0 unspecified atom stereocenters. The molecule has 0 aromatic carbocycles. The van der Waals surface area contributed by atoms with Crippen LogP contribution in [0.2, 0.25) is 0 Å². The molecule has 0 aliphatic heterocycles. The Bertz CT molecular complexity index is 368. The van der Waals surface area contributed by atoms with Gasteiger partial charge in [-0.1, -0.05) is 0 Å². The SMILES string of the molecule is NCCC1(Cn2cccnc2=O)CC1. The molecule has 1 fully saturated rings. The zero-order valence-electron chi connectivity index (χ0n) is 8.15. The molecular formula is C10H15N3O. The first kappa shape index (κ1) is 9.40. The van der Waals surface area contributed by atoms with Crippen molar-refractivity contribution in [3.8, 4) is 0 Å². The van der Waals surface area contributed by atoms with Gasteiger partial charge in [-0.15, -0.1) is 0 Å². The number of rotatable bonds is 4. The van der Waals surface area contributed by atoms with Crippen LogP contribution in [0.1, 0.15) is 19.3 Å². The van der Waals surface area contributed by atoms with Crippen LogP contribution < -0.4 is 11.4 Å². The Kier molecular flexibility index (Phi) is 2.37. The maximum absolute atomic E-state index is 11.3. The van der Waals surface area contributed by atoms with Gasteiger partial charge in [0, 0.05) is 18.9 Å². The zero-order valence-corrected chi connectivity index (χ0v) is 8.15. The summed E-state index contributed by atoms with van der Waals surface area (Å²) in [6.45, 7) is 1.48. The van der Waals surface area contributed by atoms with E-state index in [-0.39, 0.29) is 5.69 Å². The Morgan fingerprint density at radius 3 is 2.93 bits per heavy atom. The van der Waals surface area contributed by atoms with Crippen LogP contribution in [0, 0.1) is 5.41 Å². The lowest BCUT2D eigenvalue weighted by Gasteiger charge is -2.14. The highest BCUT2D eigenvalue weighted by Gasteiger charge is 2.41. The second kappa shape index (κ2) is 3.53. The van der Waals surface area contributed by atoms with Crippen LogP contribution >= 0.6 is 0 Å². The van der Waals surface area contributed by atoms with Gasteiger partial charge in [0.25, 0.3) is 0 Å². The van der Waals surface area contributed by atoms with E-state index in [1.807, 2.05) is 0 Å². The lowest BCUT2D eigenvalue weighted by molar-refractivity contribution is 0.388. The summed E-state index contributed by atoms with van der Waals surface area (Å²) in [5.41, 5.74) is 5.68. The monoisotopic (exact) mass is 193 g/mol. The van der Waals surface area contributed by atoms with Gasteiger partial charge in [0.1, 0.15) is 0 Å². The van der Waals surface area contributed by atoms with Crippen molar-refractivity contribution >= 4 is 0 Å². The fourth-order valence-electron chi connectivity index (χ4n) is 1.84. The first-order valence-electron chi connectivity index (χ1n) is 4.97. The van der Waals surface area contributed by atoms with E-state index in [0.29, 0.717) is 12.0 Å². The molecule has 0 spiro atoms. The van der Waals surface area contributed by atoms with Gasteiger partial charge in [-0.3, -0.25) is 4.57 Å². The quantitative estimate of drug-likeness (QED) is 0.751. The van der Waals surface area contributed by atoms with Crippen molar-refractivity contribution in [2.75, 3.05) is 6.54 Å². The predicted molar refractivity (Wildman–Crippen MR) is 53.8 cm³/mol. The summed E-state index contributed by atoms with van der Waals surface area (Å²) in [5, 5.41) is 0. The first-order valence-corrected chi connectivity index (χ1v) is 4.97. The summed E-state index contributed by atoms with van der Waals surface area (Å²) in [7, 11) is 0. The Morgan fingerprint density at radius 1 is 1.57 bits per heavy atom. The molecule has 0 saturated heterocycles. The molecule has 0 bridgehead atoms. The lowest BCUT2D eigenvalue weighted by Crippen LogP contribution is -2.26. The van der Waals surface area contributed by atoms with E-state index in [0.717, 1.165) is 13.0 Å². The standard InChI is InChI=1S/C10H15N3O/c11-5-4-10(2-3-10)8-13-7-1-6-12-9(13)14/h1,6-7H,2-5,8,11H2. The van der Waals surface area contributed by atoms with Gasteiger partial charge in [0.2, 0.25) is 0 Å². The zero-order chi connectivity index (χ0) is 10.0. The molecule has 1 heterocycles. The van der Waals surface area contributed by atoms with E-state index >= 15 is 0 Å². The Hall–Kier alpha value is -1.16. The van der Waals surface area contributed by atoms with Gasteiger partial charge in [0.05, 0.1) is 0 Å². The number of nitrogens with zero attached hydrogens (tertiary/aromatic N) is 2. The van der Waals surface area contributed by atoms with Crippen LogP contribution in [0.3, 0.4) is 0 Å². The molecule has 1 aromatic heterocycles. The highest BCUT2D eigenvalue weighted by molar-refractivity contribution is 4.95. The number of hydrogen-bond acceptors (Lipinski definition) is 3. The molecule has 1 aliphatic carbocycles. The summed E-state index contributed by atoms with van der Waals surface area (Å²) in [6.07, 6.45) is 6.71. The Balaban J connectivity index is 2.11. The number of nitrogens with two attached hydrogens (primary N) is 1. The van der Waals surface area contributed by atoms with Crippen LogP contribution in [0.25, 0.3) is 0 Å². The molecule has 1 aliphatic rings. The molecule has 1 aromatic rings. The minimum atomic E-state index is -0.157. The summed E-state index contributed by atoms with van der Waals surface area (Å²) < 4.78 is 1.68. The van der Waals surface area contributed by atoms with Crippen molar-refractivity contribution in [3.63, 3.8) is 0 Å². The van der Waals surface area contributed by atoms with E-state index < -0.39 is 0 Å². The third-order valence-corrected chi connectivity index (χ3v) is 2.92. The number of hydrogen-bond donors (Lipinski definition) is 1. The third-order valence-electron chi connectivity index (χ3n) is 2.92. The molecule has 0 atom stereocenters. The van der Waals surface area contributed by atoms with Gasteiger partial charge in [0.15, 0.2) is 0 Å². The van der Waals surface area contributed by atoms with Crippen LogP contribution in [0.5, 0.6) is 0 Å². The number of aromatic nitrogens is 2. The average molecular weight is 193 g/mol. The molecule has 4 heteroatoms. The van der Waals surface area contributed by atoms with E-state index in [4.69, 9.17) is 5.73 Å². The maximum Gasteiger partial charge on any atom is 0.347 e. The summed E-state index contributed by atoms with van der Waals surface area (Å²) in [5.74, 6) is 0. The molecule has 2 N–H and O–H groups in total. The third kappa shape index (κ3) is 1.85. The Morgan fingerprint density at radius 2 is 2.36 bits per heavy atom. The van der Waals surface area contributed by atoms with Crippen LogP contribution in [-0.4, -0.2) is 16.1 Å². The molecule has 0 amide bonds. The highest BCUT2D eigenvalue weighted by Crippen LogP contribution is 2.49. The van der Waals surface area contributed by atoms with E-state index in [1.165, 1.54) is 19.0 Å². The summed E-state index contributed by atoms with van der Waals surface area (Å²) >= 11 is 0. The van der Waals surface area contributed by atoms with Gasteiger partial charge in [-0.05, 0) is 37.3 Å². The summed E-state index contributed by atoms with van der Waals surface area (Å²) in [4.78, 5) is 15.1. The average Bonchev–Trinajstić information content (AvgIpc) is 2.90. The summed E-state index contributed by atoms with van der Waals surface area (Å²) in [6, 6.07) is 1.79. The predicted octanol–water partition coefficient (Wildman–Crippen LogP) is 0.372. The smallest absolute Gasteiger partial charge is 0.330 e. The van der Waals surface area contributed by atoms with Crippen molar-refractivity contribution in [1.29, 1.82) is 0 Å². The molecule has 2 rings (SSSR count). The lowest BCUT2D eigenvalue weighted by atomic mass is 10.0. The Labute approximate surface area is 82.8 Å². The van der Waals surface area contributed by atoms with Crippen LogP contribution in [-0.2, 0) is 6.54 Å². The normalized spacial score (nSPS) is 18.1. The van der Waals surface area contributed by atoms with Crippen LogP contribution in [0.15, 0.2) is 23.3 Å². The second-order valence-electron chi connectivity index (χ2n) is 4.07. The van der Waals surface area contributed by atoms with Crippen molar-refractivity contribution < 1.29 is 0 Å².